The Bertz CT molecular complexity index is 648. The summed E-state index contributed by atoms with van der Waals surface area (Å²) in [5, 5.41) is 11.1. The molecule has 2 rings (SSSR count). The SMILES string of the molecule is O=C(O)c1ccc(CNC(=O)c2c(F)cccc2Br)o1. The van der Waals surface area contributed by atoms with E-state index < -0.39 is 17.7 Å². The molecule has 1 aromatic heterocycles. The number of rotatable bonds is 4. The van der Waals surface area contributed by atoms with Gasteiger partial charge in [-0.1, -0.05) is 6.07 Å². The fraction of sp³-hybridized carbons (Fsp3) is 0.0769. The summed E-state index contributed by atoms with van der Waals surface area (Å²) in [4.78, 5) is 22.5. The van der Waals surface area contributed by atoms with Crippen molar-refractivity contribution >= 4 is 27.8 Å². The van der Waals surface area contributed by atoms with E-state index in [0.29, 0.717) is 4.47 Å². The summed E-state index contributed by atoms with van der Waals surface area (Å²) < 4.78 is 18.9. The highest BCUT2D eigenvalue weighted by Gasteiger charge is 2.16. The third kappa shape index (κ3) is 3.05. The number of halogens is 2. The van der Waals surface area contributed by atoms with E-state index in [4.69, 9.17) is 9.52 Å². The Morgan fingerprint density at radius 2 is 2.05 bits per heavy atom. The molecule has 104 valence electrons. The van der Waals surface area contributed by atoms with Gasteiger partial charge in [0.1, 0.15) is 11.6 Å². The molecular weight excluding hydrogens is 333 g/mol. The first-order chi connectivity index (χ1) is 9.49. The number of benzene rings is 1. The van der Waals surface area contributed by atoms with Crippen LogP contribution in [0.25, 0.3) is 0 Å². The summed E-state index contributed by atoms with van der Waals surface area (Å²) in [6.45, 7) is -0.0348. The van der Waals surface area contributed by atoms with E-state index in [-0.39, 0.29) is 23.6 Å². The maximum Gasteiger partial charge on any atom is 0.371 e. The molecule has 0 radical (unpaired) electrons. The van der Waals surface area contributed by atoms with Crippen molar-refractivity contribution in [3.8, 4) is 0 Å². The fourth-order valence-electron chi connectivity index (χ4n) is 1.56. The molecule has 5 nitrogen and oxygen atoms in total. The van der Waals surface area contributed by atoms with Gasteiger partial charge < -0.3 is 14.8 Å². The monoisotopic (exact) mass is 341 g/mol. The summed E-state index contributed by atoms with van der Waals surface area (Å²) >= 11 is 3.10. The number of carboxylic acids is 1. The van der Waals surface area contributed by atoms with Crippen molar-refractivity contribution < 1.29 is 23.5 Å². The Hall–Kier alpha value is -2.15. The van der Waals surface area contributed by atoms with Crippen molar-refractivity contribution in [2.45, 2.75) is 6.54 Å². The van der Waals surface area contributed by atoms with Crippen molar-refractivity contribution in [1.82, 2.24) is 5.32 Å². The van der Waals surface area contributed by atoms with Gasteiger partial charge in [-0.3, -0.25) is 4.79 Å². The lowest BCUT2D eigenvalue weighted by Gasteiger charge is -2.06. The van der Waals surface area contributed by atoms with Gasteiger partial charge >= 0.3 is 5.97 Å². The zero-order valence-electron chi connectivity index (χ0n) is 10.0. The number of carbonyl (C=O) groups is 2. The standard InChI is InChI=1S/C13H9BrFNO4/c14-8-2-1-3-9(15)11(8)12(17)16-6-7-4-5-10(20-7)13(18)19/h1-5H,6H2,(H,16,17)(H,18,19). The summed E-state index contributed by atoms with van der Waals surface area (Å²) in [5.74, 6) is -2.42. The Balaban J connectivity index is 2.07. The summed E-state index contributed by atoms with van der Waals surface area (Å²) in [5.41, 5.74) is -0.113. The molecule has 20 heavy (non-hydrogen) atoms. The van der Waals surface area contributed by atoms with Crippen LogP contribution < -0.4 is 5.32 Å². The maximum atomic E-state index is 13.5. The van der Waals surface area contributed by atoms with Crippen LogP contribution in [0.1, 0.15) is 26.7 Å². The fourth-order valence-corrected chi connectivity index (χ4v) is 2.08. The average Bonchev–Trinajstić information content (AvgIpc) is 2.85. The number of aromatic carboxylic acids is 1. The van der Waals surface area contributed by atoms with Crippen molar-refractivity contribution in [2.75, 3.05) is 0 Å². The topological polar surface area (TPSA) is 79.5 Å². The van der Waals surface area contributed by atoms with Crippen LogP contribution >= 0.6 is 15.9 Å². The molecule has 1 amide bonds. The Labute approximate surface area is 121 Å². The van der Waals surface area contributed by atoms with Crippen molar-refractivity contribution in [3.05, 3.63) is 57.7 Å². The highest BCUT2D eigenvalue weighted by molar-refractivity contribution is 9.10. The molecule has 1 aromatic carbocycles. The number of furan rings is 1. The van der Waals surface area contributed by atoms with E-state index in [9.17, 15) is 14.0 Å². The molecule has 0 spiro atoms. The van der Waals surface area contributed by atoms with Gasteiger partial charge in [-0.15, -0.1) is 0 Å². The molecule has 2 aromatic rings. The van der Waals surface area contributed by atoms with Crippen molar-refractivity contribution in [3.63, 3.8) is 0 Å². The zero-order chi connectivity index (χ0) is 14.7. The number of hydrogen-bond acceptors (Lipinski definition) is 3. The molecule has 0 fully saturated rings. The van der Waals surface area contributed by atoms with E-state index in [0.717, 1.165) is 0 Å². The molecule has 0 aliphatic heterocycles. The molecule has 0 unspecified atom stereocenters. The number of carboxylic acid groups (broad SMARTS) is 1. The zero-order valence-corrected chi connectivity index (χ0v) is 11.6. The molecule has 0 aliphatic carbocycles. The van der Waals surface area contributed by atoms with Crippen LogP contribution in [0.3, 0.4) is 0 Å². The molecule has 7 heteroatoms. The molecule has 0 atom stereocenters. The van der Waals surface area contributed by atoms with Crippen LogP contribution in [-0.4, -0.2) is 17.0 Å². The van der Waals surface area contributed by atoms with E-state index in [1.165, 1.54) is 24.3 Å². The highest BCUT2D eigenvalue weighted by atomic mass is 79.9. The van der Waals surface area contributed by atoms with Crippen LogP contribution in [0.5, 0.6) is 0 Å². The third-order valence-electron chi connectivity index (χ3n) is 2.49. The van der Waals surface area contributed by atoms with E-state index in [2.05, 4.69) is 21.2 Å². The van der Waals surface area contributed by atoms with E-state index in [1.54, 1.807) is 6.07 Å². The first kappa shape index (κ1) is 14.3. The largest absolute Gasteiger partial charge is 0.475 e. The van der Waals surface area contributed by atoms with Gasteiger partial charge in [-0.25, -0.2) is 9.18 Å². The molecule has 0 bridgehead atoms. The predicted molar refractivity (Wildman–Crippen MR) is 70.9 cm³/mol. The molecule has 0 saturated carbocycles. The Morgan fingerprint density at radius 3 is 2.65 bits per heavy atom. The van der Waals surface area contributed by atoms with Gasteiger partial charge in [0.05, 0.1) is 12.1 Å². The number of hydrogen-bond donors (Lipinski definition) is 2. The van der Waals surface area contributed by atoms with Gasteiger partial charge in [-0.2, -0.15) is 0 Å². The van der Waals surface area contributed by atoms with Crippen molar-refractivity contribution in [2.24, 2.45) is 0 Å². The highest BCUT2D eigenvalue weighted by Crippen LogP contribution is 2.19. The lowest BCUT2D eigenvalue weighted by molar-refractivity contribution is 0.0660. The van der Waals surface area contributed by atoms with Crippen LogP contribution in [0, 0.1) is 5.82 Å². The minimum atomic E-state index is -1.19. The summed E-state index contributed by atoms with van der Waals surface area (Å²) in [7, 11) is 0. The second-order valence-electron chi connectivity index (χ2n) is 3.85. The lowest BCUT2D eigenvalue weighted by atomic mass is 10.2. The Morgan fingerprint density at radius 1 is 1.30 bits per heavy atom. The molecule has 0 saturated heterocycles. The van der Waals surface area contributed by atoms with Crippen LogP contribution in [0.15, 0.2) is 39.2 Å². The predicted octanol–water partition coefficient (Wildman–Crippen LogP) is 2.81. The van der Waals surface area contributed by atoms with Crippen molar-refractivity contribution in [1.29, 1.82) is 0 Å². The van der Waals surface area contributed by atoms with Gasteiger partial charge in [0.15, 0.2) is 0 Å². The molecule has 0 aliphatic rings. The molecule has 1 heterocycles. The normalized spacial score (nSPS) is 10.3. The smallest absolute Gasteiger partial charge is 0.371 e. The van der Waals surface area contributed by atoms with Gasteiger partial charge in [0, 0.05) is 4.47 Å². The quantitative estimate of drug-likeness (QED) is 0.896. The van der Waals surface area contributed by atoms with Crippen LogP contribution in [-0.2, 0) is 6.54 Å². The summed E-state index contributed by atoms with van der Waals surface area (Å²) in [6.07, 6.45) is 0. The second kappa shape index (κ2) is 5.87. The van der Waals surface area contributed by atoms with Gasteiger partial charge in [-0.05, 0) is 40.2 Å². The van der Waals surface area contributed by atoms with Crippen LogP contribution in [0.2, 0.25) is 0 Å². The molecular formula is C13H9BrFNO4. The third-order valence-corrected chi connectivity index (χ3v) is 3.15. The number of carbonyl (C=O) groups excluding carboxylic acids is 1. The van der Waals surface area contributed by atoms with Gasteiger partial charge in [0.2, 0.25) is 5.76 Å². The minimum Gasteiger partial charge on any atom is -0.475 e. The van der Waals surface area contributed by atoms with E-state index >= 15 is 0 Å². The minimum absolute atomic E-state index is 0.0348. The average molecular weight is 342 g/mol. The van der Waals surface area contributed by atoms with Crippen LogP contribution in [0.4, 0.5) is 4.39 Å². The lowest BCUT2D eigenvalue weighted by Crippen LogP contribution is -2.24. The van der Waals surface area contributed by atoms with E-state index in [1.807, 2.05) is 0 Å². The van der Waals surface area contributed by atoms with Gasteiger partial charge in [0.25, 0.3) is 5.91 Å². The first-order valence-corrected chi connectivity index (χ1v) is 6.32. The molecule has 2 N–H and O–H groups in total. The summed E-state index contributed by atoms with van der Waals surface area (Å²) in [6, 6.07) is 6.91. The maximum absolute atomic E-state index is 13.5. The first-order valence-electron chi connectivity index (χ1n) is 5.53. The number of nitrogens with one attached hydrogen (secondary N) is 1. The number of amides is 1. The Kier molecular flexibility index (Phi) is 4.19. The second-order valence-corrected chi connectivity index (χ2v) is 4.70.